The number of methoxy groups -OCH3 is 1. The molecule has 0 aliphatic carbocycles. The minimum atomic E-state index is -0.242. The molecule has 0 radical (unpaired) electrons. The number of nitrogens with one attached hydrogen (secondary N) is 1. The SMILES string of the molecule is COc1ccc(C)cc1C(=O)Nc1cnc(Cl)c(C)c1. The van der Waals surface area contributed by atoms with Crippen LogP contribution in [0.15, 0.2) is 30.5 Å². The van der Waals surface area contributed by atoms with E-state index < -0.39 is 0 Å². The van der Waals surface area contributed by atoms with Crippen molar-refractivity contribution in [1.29, 1.82) is 0 Å². The third kappa shape index (κ3) is 3.08. The lowest BCUT2D eigenvalue weighted by molar-refractivity contribution is 0.102. The van der Waals surface area contributed by atoms with Gasteiger partial charge >= 0.3 is 0 Å². The number of rotatable bonds is 3. The van der Waals surface area contributed by atoms with Crippen LogP contribution in [0, 0.1) is 13.8 Å². The van der Waals surface area contributed by atoms with Gasteiger partial charge in [-0.05, 0) is 37.6 Å². The minimum Gasteiger partial charge on any atom is -0.496 e. The van der Waals surface area contributed by atoms with E-state index in [1.807, 2.05) is 19.9 Å². The van der Waals surface area contributed by atoms with Gasteiger partial charge in [-0.2, -0.15) is 0 Å². The molecule has 5 heteroatoms. The Morgan fingerprint density at radius 2 is 2.05 bits per heavy atom. The first kappa shape index (κ1) is 14.3. The van der Waals surface area contributed by atoms with E-state index in [0.717, 1.165) is 11.1 Å². The molecule has 0 saturated carbocycles. The Balaban J connectivity index is 2.27. The van der Waals surface area contributed by atoms with Crippen LogP contribution in [-0.2, 0) is 0 Å². The molecule has 0 bridgehead atoms. The fourth-order valence-corrected chi connectivity index (χ4v) is 1.93. The zero-order valence-corrected chi connectivity index (χ0v) is 12.3. The van der Waals surface area contributed by atoms with Gasteiger partial charge in [0.25, 0.3) is 5.91 Å². The van der Waals surface area contributed by atoms with E-state index in [-0.39, 0.29) is 5.91 Å². The standard InChI is InChI=1S/C15H15ClN2O2/c1-9-4-5-13(20-3)12(6-9)15(19)18-11-7-10(2)14(16)17-8-11/h4-8H,1-3H3,(H,18,19). The Hall–Kier alpha value is -2.07. The molecular formula is C15H15ClN2O2. The largest absolute Gasteiger partial charge is 0.496 e. The third-order valence-electron chi connectivity index (χ3n) is 2.87. The normalized spacial score (nSPS) is 10.2. The summed E-state index contributed by atoms with van der Waals surface area (Å²) in [7, 11) is 1.54. The number of benzene rings is 1. The van der Waals surface area contributed by atoms with Gasteiger partial charge in [0.15, 0.2) is 0 Å². The number of carbonyl (C=O) groups excluding carboxylic acids is 1. The van der Waals surface area contributed by atoms with Crippen LogP contribution < -0.4 is 10.1 Å². The van der Waals surface area contributed by atoms with Crippen LogP contribution in [0.1, 0.15) is 21.5 Å². The maximum atomic E-state index is 12.3. The van der Waals surface area contributed by atoms with E-state index >= 15 is 0 Å². The van der Waals surface area contributed by atoms with Gasteiger partial charge in [-0.3, -0.25) is 4.79 Å². The number of hydrogen-bond donors (Lipinski definition) is 1. The van der Waals surface area contributed by atoms with Gasteiger partial charge in [0.2, 0.25) is 0 Å². The van der Waals surface area contributed by atoms with Crippen molar-refractivity contribution < 1.29 is 9.53 Å². The number of hydrogen-bond acceptors (Lipinski definition) is 3. The Kier molecular flexibility index (Phi) is 4.25. The van der Waals surface area contributed by atoms with Crippen LogP contribution in [-0.4, -0.2) is 18.0 Å². The smallest absolute Gasteiger partial charge is 0.259 e. The van der Waals surface area contributed by atoms with Gasteiger partial charge in [0.05, 0.1) is 24.6 Å². The highest BCUT2D eigenvalue weighted by Gasteiger charge is 2.13. The number of halogens is 1. The molecule has 104 valence electrons. The summed E-state index contributed by atoms with van der Waals surface area (Å²) in [6.45, 7) is 3.75. The first-order valence-electron chi connectivity index (χ1n) is 6.09. The lowest BCUT2D eigenvalue weighted by Crippen LogP contribution is -2.13. The maximum absolute atomic E-state index is 12.3. The lowest BCUT2D eigenvalue weighted by atomic mass is 10.1. The summed E-state index contributed by atoms with van der Waals surface area (Å²) in [6.07, 6.45) is 1.52. The first-order chi connectivity index (χ1) is 9.51. The predicted molar refractivity (Wildman–Crippen MR) is 79.7 cm³/mol. The van der Waals surface area contributed by atoms with Crippen molar-refractivity contribution in [3.63, 3.8) is 0 Å². The molecule has 0 atom stereocenters. The topological polar surface area (TPSA) is 51.2 Å². The number of aryl methyl sites for hydroxylation is 2. The van der Waals surface area contributed by atoms with Crippen LogP contribution in [0.5, 0.6) is 5.75 Å². The number of aromatic nitrogens is 1. The molecule has 0 saturated heterocycles. The highest BCUT2D eigenvalue weighted by atomic mass is 35.5. The van der Waals surface area contributed by atoms with Gasteiger partial charge < -0.3 is 10.1 Å². The van der Waals surface area contributed by atoms with E-state index in [1.54, 1.807) is 18.2 Å². The highest BCUT2D eigenvalue weighted by molar-refractivity contribution is 6.30. The Morgan fingerprint density at radius 1 is 1.30 bits per heavy atom. The second kappa shape index (κ2) is 5.92. The van der Waals surface area contributed by atoms with Crippen LogP contribution in [0.2, 0.25) is 5.15 Å². The summed E-state index contributed by atoms with van der Waals surface area (Å²) in [5, 5.41) is 3.22. The van der Waals surface area contributed by atoms with Crippen molar-refractivity contribution >= 4 is 23.2 Å². The summed E-state index contributed by atoms with van der Waals surface area (Å²) in [6, 6.07) is 7.22. The quantitative estimate of drug-likeness (QED) is 0.879. The van der Waals surface area contributed by atoms with Gasteiger partial charge in [-0.1, -0.05) is 23.2 Å². The number of pyridine rings is 1. The van der Waals surface area contributed by atoms with Crippen LogP contribution in [0.25, 0.3) is 0 Å². The van der Waals surface area contributed by atoms with Gasteiger partial charge in [0, 0.05) is 0 Å². The summed E-state index contributed by atoms with van der Waals surface area (Å²) in [5.41, 5.74) is 2.88. The molecule has 2 aromatic rings. The van der Waals surface area contributed by atoms with Gasteiger partial charge in [0.1, 0.15) is 10.9 Å². The molecule has 0 aliphatic rings. The summed E-state index contributed by atoms with van der Waals surface area (Å²) in [4.78, 5) is 16.3. The molecule has 2 rings (SSSR count). The molecule has 1 N–H and O–H groups in total. The maximum Gasteiger partial charge on any atom is 0.259 e. The lowest BCUT2D eigenvalue weighted by Gasteiger charge is -2.10. The van der Waals surface area contributed by atoms with E-state index in [4.69, 9.17) is 16.3 Å². The molecule has 1 heterocycles. The second-order valence-electron chi connectivity index (χ2n) is 4.49. The van der Waals surface area contributed by atoms with E-state index in [2.05, 4.69) is 10.3 Å². The van der Waals surface area contributed by atoms with Crippen LogP contribution in [0.3, 0.4) is 0 Å². The van der Waals surface area contributed by atoms with Crippen molar-refractivity contribution in [2.45, 2.75) is 13.8 Å². The fraction of sp³-hybridized carbons (Fsp3) is 0.200. The zero-order valence-electron chi connectivity index (χ0n) is 11.5. The molecule has 1 aromatic carbocycles. The molecule has 0 unspecified atom stereocenters. The molecule has 1 aromatic heterocycles. The van der Waals surface area contributed by atoms with Crippen LogP contribution in [0.4, 0.5) is 5.69 Å². The summed E-state index contributed by atoms with van der Waals surface area (Å²) >= 11 is 5.86. The predicted octanol–water partition coefficient (Wildman–Crippen LogP) is 3.61. The summed E-state index contributed by atoms with van der Waals surface area (Å²) in [5.74, 6) is 0.292. The number of nitrogens with zero attached hydrogens (tertiary/aromatic N) is 1. The number of carbonyl (C=O) groups is 1. The Morgan fingerprint density at radius 3 is 2.70 bits per heavy atom. The third-order valence-corrected chi connectivity index (χ3v) is 3.27. The van der Waals surface area contributed by atoms with Crippen LogP contribution >= 0.6 is 11.6 Å². The molecule has 1 amide bonds. The van der Waals surface area contributed by atoms with Crippen molar-refractivity contribution in [3.05, 3.63) is 52.3 Å². The van der Waals surface area contributed by atoms with Gasteiger partial charge in [-0.15, -0.1) is 0 Å². The second-order valence-corrected chi connectivity index (χ2v) is 4.85. The monoisotopic (exact) mass is 290 g/mol. The Labute approximate surface area is 122 Å². The minimum absolute atomic E-state index is 0.242. The number of anilines is 1. The molecule has 20 heavy (non-hydrogen) atoms. The highest BCUT2D eigenvalue weighted by Crippen LogP contribution is 2.22. The van der Waals surface area contributed by atoms with Crippen molar-refractivity contribution in [3.8, 4) is 5.75 Å². The van der Waals surface area contributed by atoms with Gasteiger partial charge in [-0.25, -0.2) is 4.98 Å². The molecule has 4 nitrogen and oxygen atoms in total. The average molecular weight is 291 g/mol. The number of ether oxygens (including phenoxy) is 1. The average Bonchev–Trinajstić information content (AvgIpc) is 2.43. The van der Waals surface area contributed by atoms with E-state index in [9.17, 15) is 4.79 Å². The molecular weight excluding hydrogens is 276 g/mol. The first-order valence-corrected chi connectivity index (χ1v) is 6.47. The molecule has 0 fully saturated rings. The Bertz CT molecular complexity index is 656. The van der Waals surface area contributed by atoms with Crippen molar-refractivity contribution in [2.75, 3.05) is 12.4 Å². The summed E-state index contributed by atoms with van der Waals surface area (Å²) < 4.78 is 5.20. The van der Waals surface area contributed by atoms with E-state index in [1.165, 1.54) is 13.3 Å². The molecule has 0 aliphatic heterocycles. The fourth-order valence-electron chi connectivity index (χ4n) is 1.82. The van der Waals surface area contributed by atoms with Crippen molar-refractivity contribution in [1.82, 2.24) is 4.98 Å². The number of amides is 1. The van der Waals surface area contributed by atoms with E-state index in [0.29, 0.717) is 22.2 Å². The molecule has 0 spiro atoms. The zero-order chi connectivity index (χ0) is 14.7. The van der Waals surface area contributed by atoms with Crippen molar-refractivity contribution in [2.24, 2.45) is 0 Å².